The largest absolute Gasteiger partial charge is 0.492 e. The van der Waals surface area contributed by atoms with Gasteiger partial charge in [-0.2, -0.15) is 0 Å². The summed E-state index contributed by atoms with van der Waals surface area (Å²) in [5.41, 5.74) is 0.0130. The summed E-state index contributed by atoms with van der Waals surface area (Å²) in [4.78, 5) is 23.9. The molecule has 1 aromatic heterocycles. The molecule has 27 heavy (non-hydrogen) atoms. The number of methoxy groups -OCH3 is 2. The van der Waals surface area contributed by atoms with Gasteiger partial charge >= 0.3 is 11.9 Å². The van der Waals surface area contributed by atoms with Crippen LogP contribution in [0.2, 0.25) is 0 Å². The first-order chi connectivity index (χ1) is 12.8. The number of hydrogen-bond acceptors (Lipinski definition) is 8. The maximum Gasteiger partial charge on any atom is 0.348 e. The van der Waals surface area contributed by atoms with Crippen LogP contribution in [0.15, 0.2) is 34.5 Å². The molecule has 0 radical (unpaired) electrons. The molecule has 1 heterocycles. The fourth-order valence-corrected chi connectivity index (χ4v) is 5.03. The lowest BCUT2D eigenvalue weighted by atomic mass is 10.2. The van der Waals surface area contributed by atoms with Crippen LogP contribution >= 0.6 is 11.3 Å². The van der Waals surface area contributed by atoms with E-state index in [9.17, 15) is 18.0 Å². The molecule has 0 fully saturated rings. The number of rotatable bonds is 8. The van der Waals surface area contributed by atoms with Gasteiger partial charge in [0.2, 0.25) is 0 Å². The van der Waals surface area contributed by atoms with E-state index in [4.69, 9.17) is 4.74 Å². The number of para-hydroxylation sites is 1. The number of sulfonamides is 1. The van der Waals surface area contributed by atoms with Gasteiger partial charge in [0.05, 0.1) is 19.8 Å². The Bertz CT molecular complexity index is 920. The molecule has 1 aromatic carbocycles. The van der Waals surface area contributed by atoms with Crippen molar-refractivity contribution in [2.24, 2.45) is 0 Å². The lowest BCUT2D eigenvalue weighted by Crippen LogP contribution is -2.29. The third-order valence-electron chi connectivity index (χ3n) is 3.52. The zero-order valence-corrected chi connectivity index (χ0v) is 16.6. The zero-order valence-electron chi connectivity index (χ0n) is 15.0. The van der Waals surface area contributed by atoms with Gasteiger partial charge in [0.15, 0.2) is 4.21 Å². The second kappa shape index (κ2) is 8.98. The molecule has 8 nitrogen and oxygen atoms in total. The molecule has 10 heteroatoms. The summed E-state index contributed by atoms with van der Waals surface area (Å²) in [6.07, 6.45) is 0. The highest BCUT2D eigenvalue weighted by Gasteiger charge is 2.32. The highest BCUT2D eigenvalue weighted by molar-refractivity contribution is 7.91. The molecule has 0 aliphatic rings. The SMILES string of the molecule is COC(=O)c1sc(S(=O)(=O)NCCOc2ccccc2)c(C(=O)OC)c1C. The Morgan fingerprint density at radius 2 is 1.70 bits per heavy atom. The van der Waals surface area contributed by atoms with E-state index in [0.717, 1.165) is 7.11 Å². The van der Waals surface area contributed by atoms with Crippen molar-refractivity contribution < 1.29 is 32.2 Å². The quantitative estimate of drug-likeness (QED) is 0.521. The van der Waals surface area contributed by atoms with Crippen molar-refractivity contribution >= 4 is 33.3 Å². The highest BCUT2D eigenvalue weighted by atomic mass is 32.2. The van der Waals surface area contributed by atoms with Crippen LogP contribution in [0.4, 0.5) is 0 Å². The van der Waals surface area contributed by atoms with Crippen molar-refractivity contribution in [2.75, 3.05) is 27.4 Å². The van der Waals surface area contributed by atoms with Gasteiger partial charge in [-0.15, -0.1) is 11.3 Å². The van der Waals surface area contributed by atoms with Crippen molar-refractivity contribution in [1.29, 1.82) is 0 Å². The van der Waals surface area contributed by atoms with Gasteiger partial charge in [-0.3, -0.25) is 0 Å². The lowest BCUT2D eigenvalue weighted by molar-refractivity contribution is 0.0596. The molecule has 0 bridgehead atoms. The van der Waals surface area contributed by atoms with E-state index in [-0.39, 0.29) is 33.4 Å². The zero-order chi connectivity index (χ0) is 20.0. The Morgan fingerprint density at radius 3 is 2.30 bits per heavy atom. The number of hydrogen-bond donors (Lipinski definition) is 1. The first kappa shape index (κ1) is 20.9. The molecule has 0 atom stereocenters. The number of esters is 2. The molecule has 0 unspecified atom stereocenters. The van der Waals surface area contributed by atoms with Crippen molar-refractivity contribution in [1.82, 2.24) is 4.72 Å². The van der Waals surface area contributed by atoms with Crippen molar-refractivity contribution in [3.63, 3.8) is 0 Å². The minimum atomic E-state index is -4.06. The van der Waals surface area contributed by atoms with E-state index in [2.05, 4.69) is 14.2 Å². The van der Waals surface area contributed by atoms with Gasteiger partial charge in [-0.1, -0.05) is 18.2 Å². The highest BCUT2D eigenvalue weighted by Crippen LogP contribution is 2.33. The fourth-order valence-electron chi connectivity index (χ4n) is 2.23. The maximum atomic E-state index is 12.6. The number of carbonyl (C=O) groups is 2. The molecule has 0 saturated heterocycles. The average molecular weight is 413 g/mol. The molecule has 0 aliphatic heterocycles. The Kier molecular flexibility index (Phi) is 6.94. The van der Waals surface area contributed by atoms with E-state index >= 15 is 0 Å². The minimum Gasteiger partial charge on any atom is -0.492 e. The van der Waals surface area contributed by atoms with E-state index in [0.29, 0.717) is 17.1 Å². The Labute approximate surface area is 161 Å². The van der Waals surface area contributed by atoms with Crippen LogP contribution in [0.25, 0.3) is 0 Å². The van der Waals surface area contributed by atoms with Crippen molar-refractivity contribution in [3.8, 4) is 5.75 Å². The second-order valence-electron chi connectivity index (χ2n) is 5.26. The first-order valence-electron chi connectivity index (χ1n) is 7.79. The van der Waals surface area contributed by atoms with Crippen LogP contribution in [-0.4, -0.2) is 47.7 Å². The van der Waals surface area contributed by atoms with Crippen molar-refractivity contribution in [2.45, 2.75) is 11.1 Å². The molecular formula is C17H19NO7S2. The molecule has 0 saturated carbocycles. The number of nitrogens with one attached hydrogen (secondary N) is 1. The van der Waals surface area contributed by atoms with Crippen LogP contribution in [0.5, 0.6) is 5.75 Å². The van der Waals surface area contributed by atoms with Crippen LogP contribution in [0.3, 0.4) is 0 Å². The lowest BCUT2D eigenvalue weighted by Gasteiger charge is -2.09. The summed E-state index contributed by atoms with van der Waals surface area (Å²) >= 11 is 0.657. The summed E-state index contributed by atoms with van der Waals surface area (Å²) in [7, 11) is -1.76. The summed E-state index contributed by atoms with van der Waals surface area (Å²) in [6.45, 7) is 1.53. The van der Waals surface area contributed by atoms with E-state index in [1.807, 2.05) is 6.07 Å². The molecule has 1 N–H and O–H groups in total. The molecule has 0 aliphatic carbocycles. The van der Waals surface area contributed by atoms with E-state index < -0.39 is 22.0 Å². The molecule has 0 amide bonds. The Hall–Kier alpha value is -2.43. The van der Waals surface area contributed by atoms with Crippen molar-refractivity contribution in [3.05, 3.63) is 46.3 Å². The van der Waals surface area contributed by atoms with E-state index in [1.54, 1.807) is 24.3 Å². The van der Waals surface area contributed by atoms with Crippen LogP contribution in [0.1, 0.15) is 25.6 Å². The Morgan fingerprint density at radius 1 is 1.07 bits per heavy atom. The van der Waals surface area contributed by atoms with Gasteiger partial charge in [0.1, 0.15) is 17.2 Å². The predicted molar refractivity (Wildman–Crippen MR) is 98.9 cm³/mol. The monoisotopic (exact) mass is 413 g/mol. The van der Waals surface area contributed by atoms with Crippen LogP contribution < -0.4 is 9.46 Å². The third-order valence-corrected chi connectivity index (χ3v) is 6.78. The summed E-state index contributed by atoms with van der Waals surface area (Å²) in [5, 5.41) is 0. The molecular weight excluding hydrogens is 394 g/mol. The first-order valence-corrected chi connectivity index (χ1v) is 10.1. The van der Waals surface area contributed by atoms with Gasteiger partial charge in [0, 0.05) is 6.54 Å². The Balaban J connectivity index is 2.21. The van der Waals surface area contributed by atoms with Gasteiger partial charge in [-0.25, -0.2) is 22.7 Å². The normalized spacial score (nSPS) is 11.1. The number of thiophene rings is 1. The number of carbonyl (C=O) groups excluding carboxylic acids is 2. The minimum absolute atomic E-state index is 0.0255. The van der Waals surface area contributed by atoms with Gasteiger partial charge in [0.25, 0.3) is 10.0 Å². The maximum absolute atomic E-state index is 12.6. The van der Waals surface area contributed by atoms with Gasteiger partial charge < -0.3 is 14.2 Å². The standard InChI is InChI=1S/C17H19NO7S2/c1-11-13(15(19)23-2)17(26-14(11)16(20)24-3)27(21,22)18-9-10-25-12-7-5-4-6-8-12/h4-8,18H,9-10H2,1-3H3. The fraction of sp³-hybridized carbons (Fsp3) is 0.294. The molecule has 2 aromatic rings. The summed E-state index contributed by atoms with van der Waals surface area (Å²) < 4.78 is 42.1. The molecule has 2 rings (SSSR count). The second-order valence-corrected chi connectivity index (χ2v) is 8.24. The molecule has 146 valence electrons. The van der Waals surface area contributed by atoms with Crippen LogP contribution in [0, 0.1) is 6.92 Å². The number of benzene rings is 1. The number of ether oxygens (including phenoxy) is 3. The predicted octanol–water partition coefficient (Wildman–Crippen LogP) is 1.99. The average Bonchev–Trinajstić information content (AvgIpc) is 3.03. The smallest absolute Gasteiger partial charge is 0.348 e. The van der Waals surface area contributed by atoms with Crippen LogP contribution in [-0.2, 0) is 19.5 Å². The third kappa shape index (κ3) is 4.85. The molecule has 0 spiro atoms. The summed E-state index contributed by atoms with van der Waals surface area (Å²) in [5.74, 6) is -0.969. The van der Waals surface area contributed by atoms with Gasteiger partial charge in [-0.05, 0) is 24.6 Å². The van der Waals surface area contributed by atoms with E-state index in [1.165, 1.54) is 14.0 Å². The topological polar surface area (TPSA) is 108 Å². The summed E-state index contributed by atoms with van der Waals surface area (Å²) in [6, 6.07) is 8.92.